The Morgan fingerprint density at radius 2 is 1.64 bits per heavy atom. The Balaban J connectivity index is 3.21. The van der Waals surface area contributed by atoms with E-state index in [4.69, 9.17) is 5.11 Å². The first-order valence-electron chi connectivity index (χ1n) is 3.50. The standard InChI is InChI=1S/C8H5F5O/c9-7(10)4-1-5(8(11,12)13)3-6(14)2-4/h1-3,7,14H. The van der Waals surface area contributed by atoms with Gasteiger partial charge in [0.25, 0.3) is 6.43 Å². The third-order valence-corrected chi connectivity index (χ3v) is 1.52. The Kier molecular flexibility index (Phi) is 2.64. The number of rotatable bonds is 1. The second-order valence-electron chi connectivity index (χ2n) is 2.61. The van der Waals surface area contributed by atoms with Crippen LogP contribution < -0.4 is 0 Å². The minimum Gasteiger partial charge on any atom is -0.508 e. The summed E-state index contributed by atoms with van der Waals surface area (Å²) in [5, 5.41) is 8.77. The molecule has 1 aromatic carbocycles. The molecule has 1 N–H and O–H groups in total. The first-order valence-corrected chi connectivity index (χ1v) is 3.50. The van der Waals surface area contributed by atoms with Crippen LogP contribution in [0.2, 0.25) is 0 Å². The summed E-state index contributed by atoms with van der Waals surface area (Å²) in [5.74, 6) is -0.824. The number of phenols is 1. The summed E-state index contributed by atoms with van der Waals surface area (Å²) in [6.07, 6.45) is -7.77. The smallest absolute Gasteiger partial charge is 0.416 e. The molecule has 1 aromatic rings. The fourth-order valence-electron chi connectivity index (χ4n) is 0.924. The molecule has 1 rings (SSSR count). The number of benzene rings is 1. The van der Waals surface area contributed by atoms with Gasteiger partial charge in [-0.3, -0.25) is 0 Å². The van der Waals surface area contributed by atoms with Gasteiger partial charge in [0.1, 0.15) is 5.75 Å². The van der Waals surface area contributed by atoms with E-state index in [0.29, 0.717) is 18.2 Å². The van der Waals surface area contributed by atoms with Crippen molar-refractivity contribution in [3.8, 4) is 5.75 Å². The van der Waals surface area contributed by atoms with Crippen molar-refractivity contribution in [2.24, 2.45) is 0 Å². The quantitative estimate of drug-likeness (QED) is 0.707. The summed E-state index contributed by atoms with van der Waals surface area (Å²) in [7, 11) is 0. The van der Waals surface area contributed by atoms with E-state index >= 15 is 0 Å². The normalized spacial score (nSPS) is 12.1. The van der Waals surface area contributed by atoms with Crippen LogP contribution in [0.3, 0.4) is 0 Å². The van der Waals surface area contributed by atoms with Crippen molar-refractivity contribution in [1.82, 2.24) is 0 Å². The molecular formula is C8H5F5O. The molecule has 0 radical (unpaired) electrons. The van der Waals surface area contributed by atoms with Gasteiger partial charge in [0.2, 0.25) is 0 Å². The average Bonchev–Trinajstić information content (AvgIpc) is 2.01. The number of aromatic hydroxyl groups is 1. The Morgan fingerprint density at radius 3 is 2.07 bits per heavy atom. The topological polar surface area (TPSA) is 20.2 Å². The molecule has 0 aliphatic carbocycles. The van der Waals surface area contributed by atoms with Crippen LogP contribution in [0, 0.1) is 0 Å². The van der Waals surface area contributed by atoms with Gasteiger partial charge in [0, 0.05) is 5.56 Å². The highest BCUT2D eigenvalue weighted by Gasteiger charge is 2.31. The largest absolute Gasteiger partial charge is 0.508 e. The van der Waals surface area contributed by atoms with Gasteiger partial charge in [-0.1, -0.05) is 0 Å². The predicted octanol–water partition coefficient (Wildman–Crippen LogP) is 3.35. The molecule has 0 spiro atoms. The zero-order valence-corrected chi connectivity index (χ0v) is 6.65. The van der Waals surface area contributed by atoms with E-state index in [-0.39, 0.29) is 0 Å². The lowest BCUT2D eigenvalue weighted by Crippen LogP contribution is -2.05. The molecule has 6 heteroatoms. The molecule has 0 atom stereocenters. The van der Waals surface area contributed by atoms with Crippen molar-refractivity contribution in [2.75, 3.05) is 0 Å². The minimum atomic E-state index is -4.73. The third-order valence-electron chi connectivity index (χ3n) is 1.52. The van der Waals surface area contributed by atoms with Crippen molar-refractivity contribution in [2.45, 2.75) is 12.6 Å². The van der Waals surface area contributed by atoms with Crippen LogP contribution in [0.4, 0.5) is 22.0 Å². The van der Waals surface area contributed by atoms with Gasteiger partial charge in [-0.15, -0.1) is 0 Å². The second kappa shape index (κ2) is 3.43. The molecule has 0 saturated heterocycles. The van der Waals surface area contributed by atoms with E-state index in [2.05, 4.69) is 0 Å². The number of phenolic OH excluding ortho intramolecular Hbond substituents is 1. The fraction of sp³-hybridized carbons (Fsp3) is 0.250. The lowest BCUT2D eigenvalue weighted by Gasteiger charge is -2.09. The summed E-state index contributed by atoms with van der Waals surface area (Å²) in [5.41, 5.74) is -2.13. The van der Waals surface area contributed by atoms with Crippen LogP contribution in [-0.2, 0) is 6.18 Å². The number of hydrogen-bond acceptors (Lipinski definition) is 1. The lowest BCUT2D eigenvalue weighted by molar-refractivity contribution is -0.137. The van der Waals surface area contributed by atoms with E-state index < -0.39 is 29.5 Å². The molecule has 78 valence electrons. The monoisotopic (exact) mass is 212 g/mol. The van der Waals surface area contributed by atoms with Crippen LogP contribution in [0.5, 0.6) is 5.75 Å². The van der Waals surface area contributed by atoms with Gasteiger partial charge >= 0.3 is 6.18 Å². The van der Waals surface area contributed by atoms with Gasteiger partial charge in [0.05, 0.1) is 5.56 Å². The summed E-state index contributed by atoms with van der Waals surface area (Å²) in [4.78, 5) is 0. The van der Waals surface area contributed by atoms with Crippen LogP contribution in [0.1, 0.15) is 17.6 Å². The highest BCUT2D eigenvalue weighted by Crippen LogP contribution is 2.34. The van der Waals surface area contributed by atoms with Gasteiger partial charge in [0.15, 0.2) is 0 Å². The number of alkyl halides is 5. The highest BCUT2D eigenvalue weighted by molar-refractivity contribution is 5.35. The first kappa shape index (κ1) is 10.7. The first-order chi connectivity index (χ1) is 6.30. The van der Waals surface area contributed by atoms with Crippen molar-refractivity contribution in [1.29, 1.82) is 0 Å². The lowest BCUT2D eigenvalue weighted by atomic mass is 10.1. The molecule has 0 heterocycles. The van der Waals surface area contributed by atoms with Gasteiger partial charge in [-0.25, -0.2) is 8.78 Å². The maximum Gasteiger partial charge on any atom is 0.416 e. The predicted molar refractivity (Wildman–Crippen MR) is 38.1 cm³/mol. The van der Waals surface area contributed by atoms with Crippen molar-refractivity contribution < 1.29 is 27.1 Å². The second-order valence-corrected chi connectivity index (χ2v) is 2.61. The molecule has 0 fully saturated rings. The molecule has 0 bridgehead atoms. The highest BCUT2D eigenvalue weighted by atomic mass is 19.4. The molecule has 1 nitrogen and oxygen atoms in total. The van der Waals surface area contributed by atoms with Crippen LogP contribution in [0.25, 0.3) is 0 Å². The molecule has 0 aromatic heterocycles. The van der Waals surface area contributed by atoms with Gasteiger partial charge < -0.3 is 5.11 Å². The van der Waals surface area contributed by atoms with E-state index in [9.17, 15) is 22.0 Å². The zero-order valence-electron chi connectivity index (χ0n) is 6.65. The molecular weight excluding hydrogens is 207 g/mol. The van der Waals surface area contributed by atoms with Gasteiger partial charge in [-0.2, -0.15) is 13.2 Å². The van der Waals surface area contributed by atoms with Crippen molar-refractivity contribution in [3.63, 3.8) is 0 Å². The minimum absolute atomic E-state index is 0.310. The molecule has 0 aliphatic heterocycles. The zero-order chi connectivity index (χ0) is 10.9. The summed E-state index contributed by atoms with van der Waals surface area (Å²) < 4.78 is 60.2. The maximum absolute atomic E-state index is 12.1. The summed E-state index contributed by atoms with van der Waals surface area (Å²) in [6, 6.07) is 1.30. The van der Waals surface area contributed by atoms with E-state index in [1.165, 1.54) is 0 Å². The Bertz CT molecular complexity index is 331. The average molecular weight is 212 g/mol. The Labute approximate surface area is 75.8 Å². The van der Waals surface area contributed by atoms with Crippen LogP contribution >= 0.6 is 0 Å². The fourth-order valence-corrected chi connectivity index (χ4v) is 0.924. The summed E-state index contributed by atoms with van der Waals surface area (Å²) >= 11 is 0. The van der Waals surface area contributed by atoms with E-state index in [1.807, 2.05) is 0 Å². The Hall–Kier alpha value is -1.33. The third kappa shape index (κ3) is 2.34. The van der Waals surface area contributed by atoms with Gasteiger partial charge in [-0.05, 0) is 18.2 Å². The molecule has 0 aliphatic rings. The van der Waals surface area contributed by atoms with Crippen molar-refractivity contribution in [3.05, 3.63) is 29.3 Å². The van der Waals surface area contributed by atoms with Crippen LogP contribution in [0.15, 0.2) is 18.2 Å². The Morgan fingerprint density at radius 1 is 1.07 bits per heavy atom. The van der Waals surface area contributed by atoms with Crippen LogP contribution in [-0.4, -0.2) is 5.11 Å². The molecule has 0 unspecified atom stereocenters. The van der Waals surface area contributed by atoms with E-state index in [1.54, 1.807) is 0 Å². The molecule has 14 heavy (non-hydrogen) atoms. The molecule has 0 amide bonds. The maximum atomic E-state index is 12.1. The van der Waals surface area contributed by atoms with Crippen molar-refractivity contribution >= 4 is 0 Å². The SMILES string of the molecule is Oc1cc(C(F)F)cc(C(F)(F)F)c1. The number of hydrogen-bond donors (Lipinski definition) is 1. The number of halogens is 5. The van der Waals surface area contributed by atoms with E-state index in [0.717, 1.165) is 0 Å². The molecule has 0 saturated carbocycles. The summed E-state index contributed by atoms with van der Waals surface area (Å²) in [6.45, 7) is 0.